The summed E-state index contributed by atoms with van der Waals surface area (Å²) in [5, 5.41) is 0. The Labute approximate surface area is 211 Å². The van der Waals surface area contributed by atoms with Crippen molar-refractivity contribution in [2.75, 3.05) is 33.9 Å². The lowest BCUT2D eigenvalue weighted by Gasteiger charge is -2.25. The van der Waals surface area contributed by atoms with Crippen LogP contribution in [0, 0.1) is 0 Å². The van der Waals surface area contributed by atoms with Gasteiger partial charge in [0.2, 0.25) is 0 Å². The second-order valence-electron chi connectivity index (χ2n) is 9.54. The third kappa shape index (κ3) is 5.41. The quantitative estimate of drug-likeness (QED) is 0.543. The monoisotopic (exact) mass is 497 g/mol. The van der Waals surface area contributed by atoms with E-state index < -0.39 is 12.0 Å². The van der Waals surface area contributed by atoms with Crippen molar-refractivity contribution in [3.63, 3.8) is 0 Å². The molecule has 2 aromatic rings. The minimum atomic E-state index is -0.621. The highest BCUT2D eigenvalue weighted by Crippen LogP contribution is 2.29. The molecule has 0 spiro atoms. The molecule has 0 unspecified atom stereocenters. The van der Waals surface area contributed by atoms with Gasteiger partial charge in [-0.25, -0.2) is 4.79 Å². The van der Waals surface area contributed by atoms with Crippen LogP contribution in [-0.4, -0.2) is 72.2 Å². The zero-order valence-electron chi connectivity index (χ0n) is 21.5. The van der Waals surface area contributed by atoms with Crippen LogP contribution in [0.4, 0.5) is 0 Å². The first-order valence-corrected chi connectivity index (χ1v) is 12.5. The zero-order chi connectivity index (χ0) is 25.8. The highest BCUT2D eigenvalue weighted by atomic mass is 16.5. The van der Waals surface area contributed by atoms with Crippen molar-refractivity contribution in [2.45, 2.75) is 58.3 Å². The fraction of sp³-hybridized carbons (Fsp3) is 0.519. The zero-order valence-corrected chi connectivity index (χ0v) is 21.5. The van der Waals surface area contributed by atoms with Gasteiger partial charge in [0.25, 0.3) is 11.5 Å². The van der Waals surface area contributed by atoms with Crippen molar-refractivity contribution >= 4 is 11.9 Å². The smallest absolute Gasteiger partial charge is 0.328 e. The van der Waals surface area contributed by atoms with Crippen LogP contribution in [0.2, 0.25) is 0 Å². The molecule has 1 aromatic carbocycles. The summed E-state index contributed by atoms with van der Waals surface area (Å²) >= 11 is 0. The molecule has 1 aromatic heterocycles. The summed E-state index contributed by atoms with van der Waals surface area (Å²) in [6.45, 7) is 7.00. The van der Waals surface area contributed by atoms with Crippen LogP contribution in [0.15, 0.2) is 35.1 Å². The van der Waals surface area contributed by atoms with Gasteiger partial charge in [0.05, 0.1) is 20.3 Å². The largest absolute Gasteiger partial charge is 0.496 e. The Bertz CT molecular complexity index is 1160. The van der Waals surface area contributed by atoms with Gasteiger partial charge in [-0.1, -0.05) is 12.1 Å². The first-order valence-electron chi connectivity index (χ1n) is 12.5. The fourth-order valence-electron chi connectivity index (χ4n) is 5.08. The minimum absolute atomic E-state index is 0.121. The molecule has 9 nitrogen and oxygen atoms in total. The molecule has 0 radical (unpaired) electrons. The molecule has 1 saturated heterocycles. The first kappa shape index (κ1) is 25.8. The van der Waals surface area contributed by atoms with Crippen molar-refractivity contribution in [2.24, 2.45) is 0 Å². The average Bonchev–Trinajstić information content (AvgIpc) is 3.26. The maximum atomic E-state index is 13.7. The van der Waals surface area contributed by atoms with E-state index >= 15 is 0 Å². The SMILES string of the molecule is COC(=O)[C@@H]1CCCN1C(=O)c1c(OC)cc(=O)n2c1CCN(Cc1ccc(OC(C)C)cc1)CC2. The van der Waals surface area contributed by atoms with E-state index in [2.05, 4.69) is 17.0 Å². The number of nitrogens with zero attached hydrogens (tertiary/aromatic N) is 3. The molecule has 3 heterocycles. The minimum Gasteiger partial charge on any atom is -0.496 e. The number of ether oxygens (including phenoxy) is 3. The Morgan fingerprint density at radius 2 is 1.81 bits per heavy atom. The topological polar surface area (TPSA) is 90.3 Å². The van der Waals surface area contributed by atoms with Crippen LogP contribution in [0.1, 0.15) is 48.3 Å². The van der Waals surface area contributed by atoms with E-state index in [4.69, 9.17) is 14.2 Å². The second kappa shape index (κ2) is 11.2. The number of methoxy groups -OCH3 is 2. The molecule has 36 heavy (non-hydrogen) atoms. The number of likely N-dealkylation sites (tertiary alicyclic amines) is 1. The number of carbonyl (C=O) groups is 2. The van der Waals surface area contributed by atoms with Crippen LogP contribution >= 0.6 is 0 Å². The van der Waals surface area contributed by atoms with E-state index in [1.165, 1.54) is 20.3 Å². The number of benzene rings is 1. The molecule has 0 N–H and O–H groups in total. The predicted molar refractivity (Wildman–Crippen MR) is 135 cm³/mol. The third-order valence-electron chi connectivity index (χ3n) is 6.81. The Hall–Kier alpha value is -3.33. The van der Waals surface area contributed by atoms with E-state index in [1.54, 1.807) is 9.47 Å². The van der Waals surface area contributed by atoms with E-state index in [0.29, 0.717) is 50.3 Å². The van der Waals surface area contributed by atoms with Crippen LogP contribution in [-0.2, 0) is 29.0 Å². The molecule has 0 saturated carbocycles. The lowest BCUT2D eigenvalue weighted by Crippen LogP contribution is -2.42. The van der Waals surface area contributed by atoms with E-state index in [0.717, 1.165) is 24.3 Å². The number of carbonyl (C=O) groups excluding carboxylic acids is 2. The van der Waals surface area contributed by atoms with Crippen LogP contribution in [0.25, 0.3) is 0 Å². The molecule has 1 atom stereocenters. The molecule has 4 rings (SSSR count). The fourth-order valence-corrected chi connectivity index (χ4v) is 5.08. The number of rotatable bonds is 7. The van der Waals surface area contributed by atoms with Gasteiger partial charge in [-0.15, -0.1) is 0 Å². The molecule has 2 aliphatic rings. The highest BCUT2D eigenvalue weighted by Gasteiger charge is 2.38. The van der Waals surface area contributed by atoms with Crippen LogP contribution < -0.4 is 15.0 Å². The van der Waals surface area contributed by atoms with Gasteiger partial charge in [0.1, 0.15) is 23.1 Å². The molecule has 2 aliphatic heterocycles. The van der Waals surface area contributed by atoms with Gasteiger partial charge < -0.3 is 23.7 Å². The summed E-state index contributed by atoms with van der Waals surface area (Å²) in [4.78, 5) is 42.8. The Morgan fingerprint density at radius 1 is 1.06 bits per heavy atom. The van der Waals surface area contributed by atoms with Crippen molar-refractivity contribution in [1.82, 2.24) is 14.4 Å². The predicted octanol–water partition coefficient (Wildman–Crippen LogP) is 2.48. The van der Waals surface area contributed by atoms with Crippen LogP contribution in [0.5, 0.6) is 11.5 Å². The van der Waals surface area contributed by atoms with Gasteiger partial charge in [-0.05, 0) is 44.4 Å². The Balaban J connectivity index is 1.57. The van der Waals surface area contributed by atoms with Gasteiger partial charge in [-0.2, -0.15) is 0 Å². The maximum Gasteiger partial charge on any atom is 0.328 e. The van der Waals surface area contributed by atoms with Gasteiger partial charge in [0, 0.05) is 50.9 Å². The summed E-state index contributed by atoms with van der Waals surface area (Å²) in [7, 11) is 2.79. The molecular weight excluding hydrogens is 462 g/mol. The summed E-state index contributed by atoms with van der Waals surface area (Å²) in [5.41, 5.74) is 1.98. The lowest BCUT2D eigenvalue weighted by atomic mass is 10.1. The molecule has 194 valence electrons. The average molecular weight is 498 g/mol. The Morgan fingerprint density at radius 3 is 2.47 bits per heavy atom. The molecule has 0 aliphatic carbocycles. The lowest BCUT2D eigenvalue weighted by molar-refractivity contribution is -0.145. The van der Waals surface area contributed by atoms with Gasteiger partial charge >= 0.3 is 5.97 Å². The molecule has 1 fully saturated rings. The number of aromatic nitrogens is 1. The number of fused-ring (bicyclic) bond motifs is 1. The summed E-state index contributed by atoms with van der Waals surface area (Å²) in [5.74, 6) is 0.375. The molecular formula is C27H35N3O6. The van der Waals surface area contributed by atoms with Crippen LogP contribution in [0.3, 0.4) is 0 Å². The number of esters is 1. The summed E-state index contributed by atoms with van der Waals surface area (Å²) in [6, 6.07) is 8.82. The second-order valence-corrected chi connectivity index (χ2v) is 9.54. The molecule has 0 bridgehead atoms. The van der Waals surface area contributed by atoms with Crippen molar-refractivity contribution < 1.29 is 23.8 Å². The molecule has 1 amide bonds. The number of amides is 1. The van der Waals surface area contributed by atoms with Gasteiger partial charge in [0.15, 0.2) is 0 Å². The first-order chi connectivity index (χ1) is 17.3. The normalized spacial score (nSPS) is 18.0. The van der Waals surface area contributed by atoms with Crippen molar-refractivity contribution in [3.8, 4) is 11.5 Å². The number of pyridine rings is 1. The third-order valence-corrected chi connectivity index (χ3v) is 6.81. The number of hydrogen-bond acceptors (Lipinski definition) is 7. The Kier molecular flexibility index (Phi) is 7.98. The standard InChI is InChI=1S/C27H35N3O6/c1-18(2)36-20-9-7-19(8-10-20)17-28-13-11-21-25(23(34-3)16-24(31)29(21)15-14-28)26(32)30-12-5-6-22(30)27(33)35-4/h7-10,16,18,22H,5-6,11-15,17H2,1-4H3/t22-/m0/s1. The summed E-state index contributed by atoms with van der Waals surface area (Å²) in [6.07, 6.45) is 1.91. The van der Waals surface area contributed by atoms with E-state index in [1.807, 2.05) is 26.0 Å². The van der Waals surface area contributed by atoms with E-state index in [9.17, 15) is 14.4 Å². The summed E-state index contributed by atoms with van der Waals surface area (Å²) < 4.78 is 17.8. The van der Waals surface area contributed by atoms with Crippen molar-refractivity contribution in [1.29, 1.82) is 0 Å². The van der Waals surface area contributed by atoms with Crippen molar-refractivity contribution in [3.05, 3.63) is 57.5 Å². The van der Waals surface area contributed by atoms with Gasteiger partial charge in [-0.3, -0.25) is 14.5 Å². The maximum absolute atomic E-state index is 13.7. The van der Waals surface area contributed by atoms with E-state index in [-0.39, 0.29) is 23.3 Å². The molecule has 9 heteroatoms. The number of hydrogen-bond donors (Lipinski definition) is 0. The highest BCUT2D eigenvalue weighted by molar-refractivity contribution is 6.00.